The van der Waals surface area contributed by atoms with Gasteiger partial charge in [0.25, 0.3) is 5.91 Å². The lowest BCUT2D eigenvalue weighted by atomic mass is 9.76. The van der Waals surface area contributed by atoms with Crippen LogP contribution < -0.4 is 20.7 Å². The van der Waals surface area contributed by atoms with E-state index in [1.165, 1.54) is 9.80 Å². The fourth-order valence-electron chi connectivity index (χ4n) is 4.74. The molecule has 0 radical (unpaired) electrons. The molecule has 3 aliphatic rings. The maximum atomic E-state index is 13.1. The Morgan fingerprint density at radius 1 is 1.31 bits per heavy atom. The molecule has 0 bridgehead atoms. The van der Waals surface area contributed by atoms with Gasteiger partial charge in [-0.2, -0.15) is 0 Å². The minimum Gasteiger partial charge on any atom is -0.491 e. The standard InChI is InChI=1S/C26H34N4O6/c1-16(36-24-21(23(27)32)8-5-9-28-24)10-17-11-19(12-17)30-22(31)14-29(25(30)33)18-6-4-7-20(13-18)35-15-26(2,3)34/h4-9,13,16-17,19,24,28,34H,10-12,14-15H2,1-3H3,(H2,27,32)/t16-,17?,19?,24?/m0/s1. The summed E-state index contributed by atoms with van der Waals surface area (Å²) < 4.78 is 11.6. The first kappa shape index (κ1) is 25.7. The number of benzene rings is 1. The van der Waals surface area contributed by atoms with E-state index in [1.807, 2.05) is 6.92 Å². The minimum atomic E-state index is -0.986. The Balaban J connectivity index is 1.29. The topological polar surface area (TPSA) is 134 Å². The lowest BCUT2D eigenvalue weighted by Crippen LogP contribution is -2.49. The van der Waals surface area contributed by atoms with Crippen LogP contribution in [0.25, 0.3) is 0 Å². The number of amides is 4. The molecule has 1 saturated carbocycles. The molecule has 10 nitrogen and oxygen atoms in total. The van der Waals surface area contributed by atoms with Crippen LogP contribution in [0.1, 0.15) is 40.0 Å². The quantitative estimate of drug-likeness (QED) is 0.420. The van der Waals surface area contributed by atoms with E-state index in [-0.39, 0.29) is 37.2 Å². The summed E-state index contributed by atoms with van der Waals surface area (Å²) in [5.41, 5.74) is 5.39. The van der Waals surface area contributed by atoms with Crippen LogP contribution >= 0.6 is 0 Å². The van der Waals surface area contributed by atoms with Gasteiger partial charge in [-0.3, -0.25) is 19.4 Å². The molecule has 1 aromatic rings. The lowest BCUT2D eigenvalue weighted by molar-refractivity contribution is -0.128. The summed E-state index contributed by atoms with van der Waals surface area (Å²) in [7, 11) is 0. The second-order valence-corrected chi connectivity index (χ2v) is 10.3. The number of nitrogens with zero attached hydrogens (tertiary/aromatic N) is 2. The lowest BCUT2D eigenvalue weighted by Gasteiger charge is -2.41. The molecule has 1 aliphatic carbocycles. The van der Waals surface area contributed by atoms with Crippen LogP contribution in [0.2, 0.25) is 0 Å². The van der Waals surface area contributed by atoms with Crippen LogP contribution in [0, 0.1) is 5.92 Å². The molecule has 4 rings (SSSR count). The van der Waals surface area contributed by atoms with E-state index in [1.54, 1.807) is 56.5 Å². The highest BCUT2D eigenvalue weighted by Crippen LogP contribution is 2.38. The number of urea groups is 1. The van der Waals surface area contributed by atoms with Gasteiger partial charge in [-0.25, -0.2) is 4.79 Å². The molecule has 4 N–H and O–H groups in total. The Bertz CT molecular complexity index is 1070. The van der Waals surface area contributed by atoms with Crippen molar-refractivity contribution in [2.45, 2.75) is 64.0 Å². The third kappa shape index (κ3) is 5.88. The first-order valence-electron chi connectivity index (χ1n) is 12.2. The summed E-state index contributed by atoms with van der Waals surface area (Å²) in [5.74, 6) is 0.0735. The number of carbonyl (C=O) groups is 3. The third-order valence-electron chi connectivity index (χ3n) is 6.52. The first-order valence-corrected chi connectivity index (χ1v) is 12.2. The van der Waals surface area contributed by atoms with Gasteiger partial charge in [-0.05, 0) is 76.4 Å². The van der Waals surface area contributed by atoms with Gasteiger partial charge in [0.15, 0.2) is 6.23 Å². The molecule has 2 atom stereocenters. The van der Waals surface area contributed by atoms with E-state index in [4.69, 9.17) is 15.2 Å². The largest absolute Gasteiger partial charge is 0.491 e. The summed E-state index contributed by atoms with van der Waals surface area (Å²) in [6, 6.07) is 6.49. The van der Waals surface area contributed by atoms with Crippen LogP contribution in [-0.2, 0) is 14.3 Å². The maximum absolute atomic E-state index is 13.1. The minimum absolute atomic E-state index is 0.0163. The van der Waals surface area contributed by atoms with Crippen LogP contribution in [-0.4, -0.2) is 65.0 Å². The number of nitrogens with two attached hydrogens (primary N) is 1. The third-order valence-corrected chi connectivity index (χ3v) is 6.52. The number of carbonyl (C=O) groups excluding carboxylic acids is 3. The second kappa shape index (κ2) is 10.3. The average molecular weight is 499 g/mol. The SMILES string of the molecule is C[C@@H](CC1CC(N2C(=O)CN(c3cccc(OCC(C)(C)O)c3)C2=O)C1)OC1NC=CC=C1C(N)=O. The Hall–Kier alpha value is -3.37. The van der Waals surface area contributed by atoms with Crippen molar-refractivity contribution < 1.29 is 29.0 Å². The molecule has 2 heterocycles. The molecule has 2 aliphatic heterocycles. The number of dihydropyridines is 1. The molecular weight excluding hydrogens is 464 g/mol. The predicted molar refractivity (Wildman–Crippen MR) is 133 cm³/mol. The van der Waals surface area contributed by atoms with Crippen molar-refractivity contribution in [2.75, 3.05) is 18.1 Å². The van der Waals surface area contributed by atoms with Gasteiger partial charge >= 0.3 is 6.03 Å². The highest BCUT2D eigenvalue weighted by atomic mass is 16.5. The number of imide groups is 1. The average Bonchev–Trinajstić information content (AvgIpc) is 3.08. The van der Waals surface area contributed by atoms with Crippen molar-refractivity contribution in [2.24, 2.45) is 11.7 Å². The molecule has 2 fully saturated rings. The van der Waals surface area contributed by atoms with Crippen molar-refractivity contribution in [1.29, 1.82) is 0 Å². The Labute approximate surface area is 210 Å². The predicted octanol–water partition coefficient (Wildman–Crippen LogP) is 2.03. The maximum Gasteiger partial charge on any atom is 0.331 e. The van der Waals surface area contributed by atoms with E-state index >= 15 is 0 Å². The molecule has 1 aromatic carbocycles. The normalized spacial score (nSPS) is 24.8. The van der Waals surface area contributed by atoms with E-state index in [2.05, 4.69) is 5.32 Å². The van der Waals surface area contributed by atoms with Crippen molar-refractivity contribution in [3.8, 4) is 5.75 Å². The summed E-state index contributed by atoms with van der Waals surface area (Å²) in [6.07, 6.45) is 6.48. The molecule has 0 spiro atoms. The van der Waals surface area contributed by atoms with Gasteiger partial charge in [0.1, 0.15) is 18.9 Å². The van der Waals surface area contributed by atoms with Crippen LogP contribution in [0.3, 0.4) is 0 Å². The fourth-order valence-corrected chi connectivity index (χ4v) is 4.74. The van der Waals surface area contributed by atoms with Crippen molar-refractivity contribution in [3.63, 3.8) is 0 Å². The van der Waals surface area contributed by atoms with Gasteiger partial charge in [0, 0.05) is 17.8 Å². The molecule has 4 amide bonds. The van der Waals surface area contributed by atoms with Gasteiger partial charge in [0.05, 0.1) is 17.3 Å². The van der Waals surface area contributed by atoms with Gasteiger partial charge in [-0.1, -0.05) is 6.07 Å². The zero-order valence-corrected chi connectivity index (χ0v) is 20.8. The number of hydrogen-bond acceptors (Lipinski definition) is 7. The molecule has 36 heavy (non-hydrogen) atoms. The highest BCUT2D eigenvalue weighted by Gasteiger charge is 2.46. The molecule has 1 unspecified atom stereocenters. The van der Waals surface area contributed by atoms with Crippen LogP contribution in [0.5, 0.6) is 5.75 Å². The number of ether oxygens (including phenoxy) is 2. The van der Waals surface area contributed by atoms with E-state index < -0.39 is 17.7 Å². The highest BCUT2D eigenvalue weighted by molar-refractivity contribution is 6.12. The second-order valence-electron chi connectivity index (χ2n) is 10.3. The summed E-state index contributed by atoms with van der Waals surface area (Å²) in [5, 5.41) is 12.9. The Morgan fingerprint density at radius 3 is 2.75 bits per heavy atom. The smallest absolute Gasteiger partial charge is 0.331 e. The van der Waals surface area contributed by atoms with Gasteiger partial charge in [0.2, 0.25) is 5.91 Å². The van der Waals surface area contributed by atoms with Crippen molar-refractivity contribution in [1.82, 2.24) is 10.2 Å². The molecule has 194 valence electrons. The Morgan fingerprint density at radius 2 is 2.06 bits per heavy atom. The number of anilines is 1. The van der Waals surface area contributed by atoms with E-state index in [0.29, 0.717) is 35.8 Å². The molecular formula is C26H34N4O6. The molecule has 0 aromatic heterocycles. The summed E-state index contributed by atoms with van der Waals surface area (Å²) >= 11 is 0. The van der Waals surface area contributed by atoms with E-state index in [0.717, 1.165) is 6.42 Å². The number of hydrogen-bond donors (Lipinski definition) is 3. The first-order chi connectivity index (χ1) is 17.0. The van der Waals surface area contributed by atoms with Gasteiger partial charge in [-0.15, -0.1) is 0 Å². The molecule has 1 saturated heterocycles. The summed E-state index contributed by atoms with van der Waals surface area (Å²) in [6.45, 7) is 5.32. The number of nitrogens with one attached hydrogen (secondary N) is 1. The van der Waals surface area contributed by atoms with Crippen molar-refractivity contribution in [3.05, 3.63) is 48.2 Å². The monoisotopic (exact) mass is 498 g/mol. The number of primary amides is 1. The number of rotatable bonds is 10. The zero-order chi connectivity index (χ0) is 26.0. The number of allylic oxidation sites excluding steroid dienone is 2. The zero-order valence-electron chi connectivity index (χ0n) is 20.8. The van der Waals surface area contributed by atoms with Crippen LogP contribution in [0.15, 0.2) is 48.2 Å². The fraction of sp³-hybridized carbons (Fsp3) is 0.500. The van der Waals surface area contributed by atoms with Crippen LogP contribution in [0.4, 0.5) is 10.5 Å². The number of aliphatic hydroxyl groups is 1. The Kier molecular flexibility index (Phi) is 7.37. The van der Waals surface area contributed by atoms with Gasteiger partial charge < -0.3 is 25.6 Å². The van der Waals surface area contributed by atoms with Crippen molar-refractivity contribution >= 4 is 23.5 Å². The summed E-state index contributed by atoms with van der Waals surface area (Å²) in [4.78, 5) is 40.3. The van der Waals surface area contributed by atoms with E-state index in [9.17, 15) is 19.5 Å². The molecule has 10 heteroatoms.